The summed E-state index contributed by atoms with van der Waals surface area (Å²) in [7, 11) is 0. The van der Waals surface area contributed by atoms with Crippen LogP contribution in [0.4, 0.5) is 0 Å². The van der Waals surface area contributed by atoms with Crippen molar-refractivity contribution in [2.24, 2.45) is 23.2 Å². The van der Waals surface area contributed by atoms with E-state index in [4.69, 9.17) is 14.2 Å². The lowest BCUT2D eigenvalue weighted by Gasteiger charge is -2.57. The molecule has 6 heteroatoms. The molecule has 5 fully saturated rings. The van der Waals surface area contributed by atoms with Gasteiger partial charge in [-0.05, 0) is 85.8 Å². The SMILES string of the molecule is O[C@@H](COCCC12CC3CC(CC(C3)C1)C2)CN1CCN(Cc2ccc3c(c2)OCO3)CC1. The molecular weight excluding hydrogens is 416 g/mol. The molecule has 7 rings (SSSR count). The van der Waals surface area contributed by atoms with Gasteiger partial charge in [-0.2, -0.15) is 0 Å². The van der Waals surface area contributed by atoms with Gasteiger partial charge in [-0.1, -0.05) is 6.07 Å². The summed E-state index contributed by atoms with van der Waals surface area (Å²) in [5.74, 6) is 4.72. The zero-order chi connectivity index (χ0) is 22.3. The molecule has 6 aliphatic rings. The lowest BCUT2D eigenvalue weighted by molar-refractivity contribution is -0.0744. The lowest BCUT2D eigenvalue weighted by Crippen LogP contribution is -2.48. The molecule has 4 bridgehead atoms. The minimum Gasteiger partial charge on any atom is -0.454 e. The number of fused-ring (bicyclic) bond motifs is 1. The van der Waals surface area contributed by atoms with Gasteiger partial charge in [-0.3, -0.25) is 9.80 Å². The second-order valence-electron chi connectivity index (χ2n) is 11.7. The Morgan fingerprint density at radius 1 is 0.939 bits per heavy atom. The van der Waals surface area contributed by atoms with E-state index < -0.39 is 0 Å². The fraction of sp³-hybridized carbons (Fsp3) is 0.778. The van der Waals surface area contributed by atoms with Crippen LogP contribution >= 0.6 is 0 Å². The van der Waals surface area contributed by atoms with Gasteiger partial charge in [-0.25, -0.2) is 0 Å². The molecule has 4 aliphatic carbocycles. The van der Waals surface area contributed by atoms with E-state index in [9.17, 15) is 5.11 Å². The van der Waals surface area contributed by atoms with Crippen LogP contribution in [0.15, 0.2) is 18.2 Å². The molecule has 1 aromatic carbocycles. The predicted molar refractivity (Wildman–Crippen MR) is 126 cm³/mol. The predicted octanol–water partition coefficient (Wildman–Crippen LogP) is 3.52. The maximum absolute atomic E-state index is 10.5. The summed E-state index contributed by atoms with van der Waals surface area (Å²) < 4.78 is 16.9. The van der Waals surface area contributed by atoms with Crippen LogP contribution in [0.5, 0.6) is 11.5 Å². The summed E-state index contributed by atoms with van der Waals surface area (Å²) in [5.41, 5.74) is 1.84. The lowest BCUT2D eigenvalue weighted by atomic mass is 9.49. The third-order valence-corrected chi connectivity index (χ3v) is 9.03. The van der Waals surface area contributed by atoms with Gasteiger partial charge < -0.3 is 19.3 Å². The molecule has 4 saturated carbocycles. The van der Waals surface area contributed by atoms with Gasteiger partial charge in [0.05, 0.1) is 12.7 Å². The fourth-order valence-corrected chi connectivity index (χ4v) is 7.88. The van der Waals surface area contributed by atoms with E-state index in [2.05, 4.69) is 21.9 Å². The van der Waals surface area contributed by atoms with Gasteiger partial charge in [-0.15, -0.1) is 0 Å². The summed E-state index contributed by atoms with van der Waals surface area (Å²) >= 11 is 0. The van der Waals surface area contributed by atoms with E-state index in [-0.39, 0.29) is 6.10 Å². The Bertz CT molecular complexity index is 787. The smallest absolute Gasteiger partial charge is 0.231 e. The third-order valence-electron chi connectivity index (χ3n) is 9.03. The highest BCUT2D eigenvalue weighted by atomic mass is 16.7. The van der Waals surface area contributed by atoms with Crippen molar-refractivity contribution >= 4 is 0 Å². The number of aliphatic hydroxyl groups is 1. The topological polar surface area (TPSA) is 54.4 Å². The van der Waals surface area contributed by atoms with E-state index >= 15 is 0 Å². The number of hydrogen-bond donors (Lipinski definition) is 1. The Morgan fingerprint density at radius 2 is 1.61 bits per heavy atom. The Labute approximate surface area is 198 Å². The molecule has 1 saturated heterocycles. The molecule has 0 amide bonds. The summed E-state index contributed by atoms with van der Waals surface area (Å²) in [6, 6.07) is 6.23. The molecular formula is C27H40N2O4. The monoisotopic (exact) mass is 456 g/mol. The highest BCUT2D eigenvalue weighted by Crippen LogP contribution is 2.61. The van der Waals surface area contributed by atoms with Crippen molar-refractivity contribution < 1.29 is 19.3 Å². The first-order chi connectivity index (χ1) is 16.1. The molecule has 182 valence electrons. The van der Waals surface area contributed by atoms with Gasteiger partial charge in [0, 0.05) is 45.9 Å². The van der Waals surface area contributed by atoms with Crippen molar-refractivity contribution in [3.05, 3.63) is 23.8 Å². The van der Waals surface area contributed by atoms with Crippen molar-refractivity contribution in [2.45, 2.75) is 57.6 Å². The van der Waals surface area contributed by atoms with Gasteiger partial charge >= 0.3 is 0 Å². The molecule has 0 radical (unpaired) electrons. The molecule has 0 unspecified atom stereocenters. The van der Waals surface area contributed by atoms with Crippen LogP contribution in [0.1, 0.15) is 50.5 Å². The van der Waals surface area contributed by atoms with Gasteiger partial charge in [0.25, 0.3) is 0 Å². The van der Waals surface area contributed by atoms with Crippen LogP contribution in [0, 0.1) is 23.2 Å². The molecule has 33 heavy (non-hydrogen) atoms. The van der Waals surface area contributed by atoms with Crippen LogP contribution < -0.4 is 9.47 Å². The molecule has 2 aliphatic heterocycles. The van der Waals surface area contributed by atoms with Crippen LogP contribution in [-0.4, -0.2) is 73.7 Å². The Balaban J connectivity index is 0.880. The minimum atomic E-state index is -0.387. The number of nitrogens with zero attached hydrogens (tertiary/aromatic N) is 2. The molecule has 0 aromatic heterocycles. The maximum atomic E-state index is 10.5. The zero-order valence-corrected chi connectivity index (χ0v) is 19.9. The maximum Gasteiger partial charge on any atom is 0.231 e. The number of β-amino-alcohol motifs (C(OH)–C–C–N with tert-alkyl or cyclic N) is 1. The quantitative estimate of drug-likeness (QED) is 0.574. The minimum absolute atomic E-state index is 0.325. The fourth-order valence-electron chi connectivity index (χ4n) is 7.88. The first-order valence-electron chi connectivity index (χ1n) is 13.2. The summed E-state index contributed by atoms with van der Waals surface area (Å²) in [4.78, 5) is 4.85. The molecule has 1 N–H and O–H groups in total. The largest absolute Gasteiger partial charge is 0.454 e. The molecule has 2 heterocycles. The van der Waals surface area contributed by atoms with Crippen LogP contribution in [0.2, 0.25) is 0 Å². The summed E-state index contributed by atoms with van der Waals surface area (Å²) in [6.07, 6.45) is 9.67. The zero-order valence-electron chi connectivity index (χ0n) is 19.9. The number of hydrogen-bond acceptors (Lipinski definition) is 6. The number of aliphatic hydroxyl groups excluding tert-OH is 1. The van der Waals surface area contributed by atoms with Crippen molar-refractivity contribution in [3.8, 4) is 11.5 Å². The van der Waals surface area contributed by atoms with Crippen LogP contribution in [0.3, 0.4) is 0 Å². The summed E-state index contributed by atoms with van der Waals surface area (Å²) in [5, 5.41) is 10.5. The first kappa shape index (κ1) is 22.1. The average molecular weight is 457 g/mol. The molecule has 0 spiro atoms. The van der Waals surface area contributed by atoms with E-state index in [0.717, 1.165) is 75.1 Å². The van der Waals surface area contributed by atoms with Crippen molar-refractivity contribution in [3.63, 3.8) is 0 Å². The van der Waals surface area contributed by atoms with Crippen LogP contribution in [-0.2, 0) is 11.3 Å². The highest BCUT2D eigenvalue weighted by Gasteiger charge is 2.50. The first-order valence-corrected chi connectivity index (χ1v) is 13.2. The Kier molecular flexibility index (Phi) is 6.29. The molecule has 1 atom stereocenters. The summed E-state index contributed by atoms with van der Waals surface area (Å²) in [6.45, 7) is 7.31. The number of benzene rings is 1. The van der Waals surface area contributed by atoms with Crippen molar-refractivity contribution in [1.82, 2.24) is 9.80 Å². The average Bonchev–Trinajstić information content (AvgIpc) is 3.25. The Morgan fingerprint density at radius 3 is 2.33 bits per heavy atom. The van der Waals surface area contributed by atoms with E-state index in [1.54, 1.807) is 0 Å². The van der Waals surface area contributed by atoms with E-state index in [1.165, 1.54) is 50.5 Å². The number of rotatable bonds is 9. The van der Waals surface area contributed by atoms with Gasteiger partial charge in [0.1, 0.15) is 0 Å². The number of ether oxygens (including phenoxy) is 3. The standard InChI is InChI=1S/C27H40N2O4/c30-24(18-31-8-3-27-13-21-9-22(14-27)11-23(10-21)15-27)17-29-6-4-28(5-7-29)16-20-1-2-25-26(12-20)33-19-32-25/h1-2,12,21-24,30H,3-11,13-19H2/t21?,22?,23?,24-,27?/m1/s1. The highest BCUT2D eigenvalue weighted by molar-refractivity contribution is 5.44. The van der Waals surface area contributed by atoms with Gasteiger partial charge in [0.15, 0.2) is 11.5 Å². The van der Waals surface area contributed by atoms with Gasteiger partial charge in [0.2, 0.25) is 6.79 Å². The van der Waals surface area contributed by atoms with Crippen LogP contribution in [0.25, 0.3) is 0 Å². The Hall–Kier alpha value is -1.34. The second-order valence-corrected chi connectivity index (χ2v) is 11.7. The van der Waals surface area contributed by atoms with Crippen molar-refractivity contribution in [1.29, 1.82) is 0 Å². The normalized spacial score (nSPS) is 34.2. The van der Waals surface area contributed by atoms with Crippen molar-refractivity contribution in [2.75, 3.05) is 52.7 Å². The van der Waals surface area contributed by atoms with E-state index in [0.29, 0.717) is 18.8 Å². The molecule has 1 aromatic rings. The van der Waals surface area contributed by atoms with E-state index in [1.807, 2.05) is 6.07 Å². The second kappa shape index (κ2) is 9.37. The molecule has 6 nitrogen and oxygen atoms in total. The number of piperazine rings is 1. The third kappa shape index (κ3) is 5.04.